The Morgan fingerprint density at radius 1 is 1.27 bits per heavy atom. The fraction of sp³-hybridized carbons (Fsp3) is 0.263. The minimum absolute atomic E-state index is 0.0103. The highest BCUT2D eigenvalue weighted by Gasteiger charge is 2.24. The number of pyridine rings is 1. The molecule has 1 aliphatic rings. The maximum absolute atomic E-state index is 12.6. The molecule has 1 aromatic carbocycles. The number of thioether (sulfide) groups is 1. The number of benzene rings is 1. The normalized spacial score (nSPS) is 13.2. The zero-order valence-electron chi connectivity index (χ0n) is 14.6. The Morgan fingerprint density at radius 2 is 2.08 bits per heavy atom. The number of para-hydroxylation sites is 1. The molecule has 0 fully saturated rings. The maximum Gasteiger partial charge on any atom is 0.261 e. The van der Waals surface area contributed by atoms with Gasteiger partial charge >= 0.3 is 0 Å². The quantitative estimate of drug-likeness (QED) is 0.569. The number of rotatable bonds is 3. The van der Waals surface area contributed by atoms with Crippen molar-refractivity contribution in [3.63, 3.8) is 0 Å². The molecule has 6 nitrogen and oxygen atoms in total. The van der Waals surface area contributed by atoms with Crippen LogP contribution in [0.15, 0.2) is 40.3 Å². The molecule has 1 N–H and O–H groups in total. The summed E-state index contributed by atoms with van der Waals surface area (Å²) in [6.07, 6.45) is 0.875. The van der Waals surface area contributed by atoms with Gasteiger partial charge < -0.3 is 9.88 Å². The average Bonchev–Trinajstić information content (AvgIpc) is 3.03. The Hall–Kier alpha value is -2.67. The first kappa shape index (κ1) is 16.8. The van der Waals surface area contributed by atoms with Crippen molar-refractivity contribution in [2.45, 2.75) is 25.4 Å². The van der Waals surface area contributed by atoms with Crippen LogP contribution in [0.4, 0.5) is 5.69 Å². The number of fused-ring (bicyclic) bond motifs is 2. The van der Waals surface area contributed by atoms with Crippen LogP contribution in [-0.4, -0.2) is 33.2 Å². The molecule has 0 spiro atoms. The topological polar surface area (TPSA) is 79.0 Å². The van der Waals surface area contributed by atoms with E-state index in [4.69, 9.17) is 0 Å². The predicted octanol–water partition coefficient (Wildman–Crippen LogP) is 2.62. The molecular formula is C19H18N4O2S. The number of nitrogens with one attached hydrogen (secondary N) is 1. The molecule has 4 rings (SSSR count). The molecule has 0 unspecified atom stereocenters. The molecule has 0 saturated heterocycles. The monoisotopic (exact) mass is 366 g/mol. The number of amides is 1. The van der Waals surface area contributed by atoms with Crippen molar-refractivity contribution < 1.29 is 4.79 Å². The first-order valence-corrected chi connectivity index (χ1v) is 9.41. The van der Waals surface area contributed by atoms with Crippen LogP contribution >= 0.6 is 11.8 Å². The van der Waals surface area contributed by atoms with Crippen molar-refractivity contribution in [1.82, 2.24) is 15.0 Å². The van der Waals surface area contributed by atoms with Gasteiger partial charge in [0, 0.05) is 17.9 Å². The average molecular weight is 366 g/mol. The Morgan fingerprint density at radius 3 is 2.92 bits per heavy atom. The fourth-order valence-electron chi connectivity index (χ4n) is 3.34. The lowest BCUT2D eigenvalue weighted by atomic mass is 10.2. The number of H-pyrrole nitrogens is 1. The van der Waals surface area contributed by atoms with E-state index in [1.54, 1.807) is 4.90 Å². The zero-order valence-corrected chi connectivity index (χ0v) is 15.4. The molecular weight excluding hydrogens is 348 g/mol. The molecule has 26 heavy (non-hydrogen) atoms. The maximum atomic E-state index is 12.6. The lowest BCUT2D eigenvalue weighted by Gasteiger charge is -2.16. The van der Waals surface area contributed by atoms with Gasteiger partial charge in [0.15, 0.2) is 10.8 Å². The molecule has 0 aliphatic carbocycles. The van der Waals surface area contributed by atoms with Crippen molar-refractivity contribution in [3.05, 3.63) is 57.5 Å². The van der Waals surface area contributed by atoms with Gasteiger partial charge in [-0.05, 0) is 43.5 Å². The number of aromatic amines is 1. The van der Waals surface area contributed by atoms with E-state index in [0.717, 1.165) is 23.4 Å². The second-order valence-electron chi connectivity index (χ2n) is 6.36. The van der Waals surface area contributed by atoms with Crippen LogP contribution in [0.1, 0.15) is 16.8 Å². The molecule has 1 amide bonds. The molecule has 3 heterocycles. The largest absolute Gasteiger partial charge is 0.311 e. The SMILES string of the molecule is Cc1cc(C)c2c(=O)[nH]c(SCC(=O)N3CCc4ccccc43)nc2n1. The third-order valence-corrected chi connectivity index (χ3v) is 5.36. The Labute approximate surface area is 154 Å². The van der Waals surface area contributed by atoms with Crippen molar-refractivity contribution in [2.75, 3.05) is 17.2 Å². The van der Waals surface area contributed by atoms with Gasteiger partial charge in [-0.1, -0.05) is 30.0 Å². The molecule has 0 saturated carbocycles. The van der Waals surface area contributed by atoms with E-state index in [0.29, 0.717) is 22.7 Å². The van der Waals surface area contributed by atoms with E-state index in [9.17, 15) is 9.59 Å². The number of nitrogens with zero attached hydrogens (tertiary/aromatic N) is 3. The molecule has 0 bridgehead atoms. The summed E-state index contributed by atoms with van der Waals surface area (Å²) in [6.45, 7) is 4.44. The van der Waals surface area contributed by atoms with E-state index in [1.165, 1.54) is 17.3 Å². The van der Waals surface area contributed by atoms with Crippen molar-refractivity contribution in [2.24, 2.45) is 0 Å². The number of carbonyl (C=O) groups excluding carboxylic acids is 1. The van der Waals surface area contributed by atoms with Gasteiger partial charge in [-0.2, -0.15) is 0 Å². The Balaban J connectivity index is 1.55. The summed E-state index contributed by atoms with van der Waals surface area (Å²) in [4.78, 5) is 38.3. The van der Waals surface area contributed by atoms with E-state index in [-0.39, 0.29) is 17.2 Å². The number of anilines is 1. The minimum Gasteiger partial charge on any atom is -0.311 e. The van der Waals surface area contributed by atoms with Gasteiger partial charge in [-0.3, -0.25) is 9.59 Å². The summed E-state index contributed by atoms with van der Waals surface area (Å²) in [5.74, 6) is 0.226. The summed E-state index contributed by atoms with van der Waals surface area (Å²) < 4.78 is 0. The van der Waals surface area contributed by atoms with Crippen LogP contribution in [0, 0.1) is 13.8 Å². The van der Waals surface area contributed by atoms with Crippen LogP contribution in [0.3, 0.4) is 0 Å². The highest BCUT2D eigenvalue weighted by atomic mass is 32.2. The third kappa shape index (κ3) is 2.99. The molecule has 0 atom stereocenters. The first-order valence-electron chi connectivity index (χ1n) is 8.42. The van der Waals surface area contributed by atoms with E-state index in [2.05, 4.69) is 21.0 Å². The van der Waals surface area contributed by atoms with Crippen molar-refractivity contribution in [3.8, 4) is 0 Å². The predicted molar refractivity (Wildman–Crippen MR) is 103 cm³/mol. The zero-order chi connectivity index (χ0) is 18.3. The second kappa shape index (κ2) is 6.57. The summed E-state index contributed by atoms with van der Waals surface area (Å²) in [7, 11) is 0. The number of carbonyl (C=O) groups is 1. The standard InChI is InChI=1S/C19H18N4O2S/c1-11-9-12(2)20-17-16(11)18(25)22-19(21-17)26-10-15(24)23-8-7-13-5-3-4-6-14(13)23/h3-6,9H,7-8,10H2,1-2H3,(H,20,21,22,25). The van der Waals surface area contributed by atoms with E-state index < -0.39 is 0 Å². The third-order valence-electron chi connectivity index (χ3n) is 4.50. The highest BCUT2D eigenvalue weighted by molar-refractivity contribution is 7.99. The van der Waals surface area contributed by atoms with Gasteiger partial charge in [0.25, 0.3) is 5.56 Å². The lowest BCUT2D eigenvalue weighted by molar-refractivity contribution is -0.116. The summed E-state index contributed by atoms with van der Waals surface area (Å²) in [5, 5.41) is 0.917. The first-order chi connectivity index (χ1) is 12.5. The molecule has 2 aromatic heterocycles. The molecule has 132 valence electrons. The molecule has 7 heteroatoms. The summed E-state index contributed by atoms with van der Waals surface area (Å²) in [5.41, 5.74) is 4.04. The van der Waals surface area contributed by atoms with Crippen LogP contribution in [0.2, 0.25) is 0 Å². The number of hydrogen-bond acceptors (Lipinski definition) is 5. The van der Waals surface area contributed by atoms with Crippen LogP contribution in [0.5, 0.6) is 0 Å². The van der Waals surface area contributed by atoms with E-state index in [1.807, 2.05) is 38.1 Å². The fourth-order valence-corrected chi connectivity index (χ4v) is 4.07. The van der Waals surface area contributed by atoms with Gasteiger partial charge in [0.2, 0.25) is 5.91 Å². The Kier molecular flexibility index (Phi) is 4.24. The van der Waals surface area contributed by atoms with Crippen molar-refractivity contribution in [1.29, 1.82) is 0 Å². The van der Waals surface area contributed by atoms with Gasteiger partial charge in [0.05, 0.1) is 11.1 Å². The van der Waals surface area contributed by atoms with Crippen LogP contribution < -0.4 is 10.5 Å². The van der Waals surface area contributed by atoms with Crippen LogP contribution in [0.25, 0.3) is 11.0 Å². The molecule has 1 aliphatic heterocycles. The number of aromatic nitrogens is 3. The summed E-state index contributed by atoms with van der Waals surface area (Å²) >= 11 is 1.23. The van der Waals surface area contributed by atoms with Crippen LogP contribution in [-0.2, 0) is 11.2 Å². The lowest BCUT2D eigenvalue weighted by Crippen LogP contribution is -2.30. The highest BCUT2D eigenvalue weighted by Crippen LogP contribution is 2.28. The molecule has 3 aromatic rings. The van der Waals surface area contributed by atoms with Crippen molar-refractivity contribution >= 4 is 34.4 Å². The van der Waals surface area contributed by atoms with Gasteiger partial charge in [0.1, 0.15) is 0 Å². The smallest absolute Gasteiger partial charge is 0.261 e. The number of aryl methyl sites for hydroxylation is 2. The molecule has 0 radical (unpaired) electrons. The number of hydrogen-bond donors (Lipinski definition) is 1. The minimum atomic E-state index is -0.221. The van der Waals surface area contributed by atoms with Gasteiger partial charge in [-0.15, -0.1) is 0 Å². The summed E-state index contributed by atoms with van der Waals surface area (Å²) in [6, 6.07) is 9.81. The Bertz CT molecular complexity index is 1080. The van der Waals surface area contributed by atoms with Gasteiger partial charge in [-0.25, -0.2) is 9.97 Å². The second-order valence-corrected chi connectivity index (χ2v) is 7.33. The van der Waals surface area contributed by atoms with E-state index >= 15 is 0 Å².